The van der Waals surface area contributed by atoms with Crippen LogP contribution in [0.15, 0.2) is 0 Å². The zero-order valence-corrected chi connectivity index (χ0v) is 7.59. The van der Waals surface area contributed by atoms with E-state index < -0.39 is 0 Å². The fraction of sp³-hybridized carbons (Fsp3) is 0.875. The van der Waals surface area contributed by atoms with Gasteiger partial charge in [0.05, 0.1) is 6.10 Å². The summed E-state index contributed by atoms with van der Waals surface area (Å²) in [5.74, 6) is 0.474. The fourth-order valence-corrected chi connectivity index (χ4v) is 1.36. The minimum atomic E-state index is -0.117. The highest BCUT2D eigenvalue weighted by Crippen LogP contribution is 2.18. The molecule has 2 N–H and O–H groups in total. The van der Waals surface area contributed by atoms with Crippen molar-refractivity contribution >= 4 is 6.03 Å². The normalized spacial score (nSPS) is 28.5. The molecule has 1 aliphatic rings. The zero-order valence-electron chi connectivity index (χ0n) is 7.59. The van der Waals surface area contributed by atoms with Crippen LogP contribution in [0, 0.1) is 5.92 Å². The Bertz CT molecular complexity index is 161. The average Bonchev–Trinajstić information content (AvgIpc) is 2.47. The van der Waals surface area contributed by atoms with Crippen LogP contribution in [0.2, 0.25) is 0 Å². The highest BCUT2D eigenvalue weighted by atomic mass is 16.5. The molecule has 1 aliphatic heterocycles. The maximum atomic E-state index is 10.8. The van der Waals surface area contributed by atoms with Crippen molar-refractivity contribution in [2.75, 3.05) is 20.2 Å². The van der Waals surface area contributed by atoms with Gasteiger partial charge >= 0.3 is 6.03 Å². The predicted molar refractivity (Wildman–Crippen MR) is 46.0 cm³/mol. The van der Waals surface area contributed by atoms with E-state index in [1.54, 1.807) is 7.05 Å². The molecule has 0 aliphatic carbocycles. The molecule has 2 amide bonds. The Morgan fingerprint density at radius 1 is 1.67 bits per heavy atom. The Morgan fingerprint density at radius 3 is 2.92 bits per heavy atom. The van der Waals surface area contributed by atoms with Gasteiger partial charge in [-0.2, -0.15) is 0 Å². The van der Waals surface area contributed by atoms with Gasteiger partial charge in [0, 0.05) is 26.1 Å². The molecule has 0 aromatic heterocycles. The van der Waals surface area contributed by atoms with E-state index >= 15 is 0 Å². The number of hydrogen-bond donors (Lipinski definition) is 2. The van der Waals surface area contributed by atoms with E-state index in [2.05, 4.69) is 10.6 Å². The molecular weight excluding hydrogens is 156 g/mol. The molecule has 2 atom stereocenters. The Morgan fingerprint density at radius 2 is 2.42 bits per heavy atom. The lowest BCUT2D eigenvalue weighted by atomic mass is 10.0. The molecule has 4 heteroatoms. The molecule has 1 fully saturated rings. The summed E-state index contributed by atoms with van der Waals surface area (Å²) in [6.45, 7) is 3.57. The highest BCUT2D eigenvalue weighted by molar-refractivity contribution is 5.73. The number of hydrogen-bond acceptors (Lipinski definition) is 2. The van der Waals surface area contributed by atoms with Crippen molar-refractivity contribution in [2.24, 2.45) is 5.92 Å². The second kappa shape index (κ2) is 4.30. The summed E-state index contributed by atoms with van der Waals surface area (Å²) in [7, 11) is 1.61. The molecular formula is C8H16N2O2. The second-order valence-corrected chi connectivity index (χ2v) is 3.08. The Hall–Kier alpha value is -0.770. The van der Waals surface area contributed by atoms with Crippen molar-refractivity contribution in [3.05, 3.63) is 0 Å². The second-order valence-electron chi connectivity index (χ2n) is 3.08. The van der Waals surface area contributed by atoms with Crippen molar-refractivity contribution < 1.29 is 9.53 Å². The summed E-state index contributed by atoms with van der Waals surface area (Å²) in [5.41, 5.74) is 0. The van der Waals surface area contributed by atoms with Crippen LogP contribution < -0.4 is 10.6 Å². The molecule has 0 bridgehead atoms. The Balaban J connectivity index is 2.18. The van der Waals surface area contributed by atoms with E-state index in [1.807, 2.05) is 6.92 Å². The van der Waals surface area contributed by atoms with Gasteiger partial charge < -0.3 is 15.4 Å². The molecule has 70 valence electrons. The molecule has 0 aromatic carbocycles. The molecule has 0 saturated carbocycles. The van der Waals surface area contributed by atoms with Crippen molar-refractivity contribution in [2.45, 2.75) is 19.4 Å². The van der Waals surface area contributed by atoms with Gasteiger partial charge in [0.15, 0.2) is 0 Å². The lowest BCUT2D eigenvalue weighted by molar-refractivity contribution is 0.106. The number of carbonyl (C=O) groups is 1. The smallest absolute Gasteiger partial charge is 0.314 e. The minimum Gasteiger partial charge on any atom is -0.378 e. The first-order chi connectivity index (χ1) is 5.74. The summed E-state index contributed by atoms with van der Waals surface area (Å²) < 4.78 is 5.36. The third kappa shape index (κ3) is 2.37. The minimum absolute atomic E-state index is 0.117. The molecule has 1 saturated heterocycles. The van der Waals surface area contributed by atoms with Crippen LogP contribution in [0.3, 0.4) is 0 Å². The molecule has 12 heavy (non-hydrogen) atoms. The third-order valence-electron chi connectivity index (χ3n) is 2.29. The van der Waals surface area contributed by atoms with E-state index in [4.69, 9.17) is 4.74 Å². The van der Waals surface area contributed by atoms with Crippen LogP contribution >= 0.6 is 0 Å². The first kappa shape index (κ1) is 9.32. The number of carbonyl (C=O) groups excluding carboxylic acids is 1. The van der Waals surface area contributed by atoms with Crippen LogP contribution in [0.4, 0.5) is 4.79 Å². The Labute approximate surface area is 72.7 Å². The number of urea groups is 1. The summed E-state index contributed by atoms with van der Waals surface area (Å²) >= 11 is 0. The molecule has 0 aromatic rings. The van der Waals surface area contributed by atoms with E-state index in [-0.39, 0.29) is 12.1 Å². The lowest BCUT2D eigenvalue weighted by Gasteiger charge is -2.14. The topological polar surface area (TPSA) is 50.4 Å². The molecule has 0 spiro atoms. The van der Waals surface area contributed by atoms with Crippen molar-refractivity contribution in [3.8, 4) is 0 Å². The summed E-state index contributed by atoms with van der Waals surface area (Å²) in [6.07, 6.45) is 1.33. The van der Waals surface area contributed by atoms with Crippen LogP contribution in [0.1, 0.15) is 13.3 Å². The van der Waals surface area contributed by atoms with Crippen molar-refractivity contribution in [1.82, 2.24) is 10.6 Å². The van der Waals surface area contributed by atoms with Gasteiger partial charge in [0.25, 0.3) is 0 Å². The standard InChI is InChI=1S/C8H16N2O2/c1-6-7(3-4-12-6)5-10-8(11)9-2/h6-7H,3-5H2,1-2H3,(H2,9,10,11). The molecule has 0 radical (unpaired) electrons. The van der Waals surface area contributed by atoms with Crippen LogP contribution in [0.5, 0.6) is 0 Å². The monoisotopic (exact) mass is 172 g/mol. The lowest BCUT2D eigenvalue weighted by Crippen LogP contribution is -2.37. The van der Waals surface area contributed by atoms with Gasteiger partial charge in [-0.05, 0) is 13.3 Å². The maximum Gasteiger partial charge on any atom is 0.314 e. The summed E-state index contributed by atoms with van der Waals surface area (Å²) in [6, 6.07) is -0.117. The van der Waals surface area contributed by atoms with Gasteiger partial charge in [0.2, 0.25) is 0 Å². The van der Waals surface area contributed by atoms with Crippen molar-refractivity contribution in [1.29, 1.82) is 0 Å². The quantitative estimate of drug-likeness (QED) is 0.631. The largest absolute Gasteiger partial charge is 0.378 e. The molecule has 1 rings (SSSR count). The van der Waals surface area contributed by atoms with E-state index in [0.29, 0.717) is 12.5 Å². The number of amides is 2. The van der Waals surface area contributed by atoms with Gasteiger partial charge in [-0.1, -0.05) is 0 Å². The highest BCUT2D eigenvalue weighted by Gasteiger charge is 2.23. The predicted octanol–water partition coefficient (Wildman–Crippen LogP) is 0.340. The van der Waals surface area contributed by atoms with Crippen molar-refractivity contribution in [3.63, 3.8) is 0 Å². The van der Waals surface area contributed by atoms with Gasteiger partial charge in [0.1, 0.15) is 0 Å². The first-order valence-electron chi connectivity index (χ1n) is 4.31. The van der Waals surface area contributed by atoms with Crippen LogP contribution in [-0.2, 0) is 4.74 Å². The number of ether oxygens (including phenoxy) is 1. The molecule has 2 unspecified atom stereocenters. The SMILES string of the molecule is CNC(=O)NCC1CCOC1C. The van der Waals surface area contributed by atoms with E-state index in [1.165, 1.54) is 0 Å². The maximum absolute atomic E-state index is 10.8. The molecule has 1 heterocycles. The first-order valence-corrected chi connectivity index (χ1v) is 4.31. The fourth-order valence-electron chi connectivity index (χ4n) is 1.36. The number of nitrogens with one attached hydrogen (secondary N) is 2. The zero-order chi connectivity index (χ0) is 8.97. The van der Waals surface area contributed by atoms with Gasteiger partial charge in [-0.25, -0.2) is 4.79 Å². The van der Waals surface area contributed by atoms with E-state index in [9.17, 15) is 4.79 Å². The summed E-state index contributed by atoms with van der Waals surface area (Å²) in [5, 5.41) is 5.29. The number of rotatable bonds is 2. The summed E-state index contributed by atoms with van der Waals surface area (Å²) in [4.78, 5) is 10.8. The molecule has 4 nitrogen and oxygen atoms in total. The van der Waals surface area contributed by atoms with Crippen LogP contribution in [0.25, 0.3) is 0 Å². The average molecular weight is 172 g/mol. The Kier molecular flexibility index (Phi) is 3.34. The van der Waals surface area contributed by atoms with Gasteiger partial charge in [-0.3, -0.25) is 0 Å². The van der Waals surface area contributed by atoms with Gasteiger partial charge in [-0.15, -0.1) is 0 Å². The third-order valence-corrected chi connectivity index (χ3v) is 2.29. The van der Waals surface area contributed by atoms with Crippen LogP contribution in [-0.4, -0.2) is 32.3 Å². The van der Waals surface area contributed by atoms with E-state index in [0.717, 1.165) is 13.0 Å².